The van der Waals surface area contributed by atoms with Gasteiger partial charge >= 0.3 is 18.0 Å². The number of carbonyl (C=O) groups is 4. The molecule has 2 aromatic rings. The van der Waals surface area contributed by atoms with Crippen molar-refractivity contribution in [2.24, 2.45) is 11.7 Å². The Kier molecular flexibility index (Phi) is 8.95. The number of hydrogen-bond donors (Lipinski definition) is 2. The molecule has 4 rings (SSSR count). The summed E-state index contributed by atoms with van der Waals surface area (Å²) in [5.74, 6) is -4.25. The highest BCUT2D eigenvalue weighted by atomic mass is 35.5. The minimum atomic E-state index is -4.93. The van der Waals surface area contributed by atoms with Gasteiger partial charge in [0.25, 0.3) is 5.91 Å². The fourth-order valence-corrected chi connectivity index (χ4v) is 6.62. The first-order valence-electron chi connectivity index (χ1n) is 12.9. The number of rotatable bonds is 5. The van der Waals surface area contributed by atoms with Crippen molar-refractivity contribution in [2.45, 2.75) is 50.5 Å². The molecule has 15 heteroatoms. The van der Waals surface area contributed by atoms with Crippen LogP contribution in [0.15, 0.2) is 18.2 Å². The fraction of sp³-hybridized carbons (Fsp3) is 0.500. The molecule has 1 aliphatic carbocycles. The third-order valence-electron chi connectivity index (χ3n) is 7.32. The lowest BCUT2D eigenvalue weighted by atomic mass is 9.80. The molecular formula is C26H30ClF3N6O4S. The van der Waals surface area contributed by atoms with Gasteiger partial charge in [-0.25, -0.2) is 4.98 Å². The summed E-state index contributed by atoms with van der Waals surface area (Å²) < 4.78 is 42.3. The van der Waals surface area contributed by atoms with Gasteiger partial charge < -0.3 is 20.9 Å². The maximum atomic E-state index is 14.1. The van der Waals surface area contributed by atoms with E-state index < -0.39 is 53.2 Å². The Morgan fingerprint density at radius 1 is 1.20 bits per heavy atom. The molecule has 2 heterocycles. The Bertz CT molecular complexity index is 1370. The van der Waals surface area contributed by atoms with Crippen molar-refractivity contribution in [1.29, 1.82) is 0 Å². The van der Waals surface area contributed by atoms with Crippen LogP contribution >= 0.6 is 22.9 Å². The average Bonchev–Trinajstić information content (AvgIpc) is 3.32. The van der Waals surface area contributed by atoms with E-state index in [-0.39, 0.29) is 35.2 Å². The predicted molar refractivity (Wildman–Crippen MR) is 146 cm³/mol. The summed E-state index contributed by atoms with van der Waals surface area (Å²) >= 11 is 7.07. The molecule has 0 bridgehead atoms. The molecule has 41 heavy (non-hydrogen) atoms. The van der Waals surface area contributed by atoms with Crippen LogP contribution in [-0.2, 0) is 33.5 Å². The number of alkyl halides is 3. The van der Waals surface area contributed by atoms with Crippen molar-refractivity contribution in [1.82, 2.24) is 20.1 Å². The molecule has 3 N–H and O–H groups in total. The lowest BCUT2D eigenvalue weighted by Crippen LogP contribution is -2.59. The van der Waals surface area contributed by atoms with Crippen molar-refractivity contribution >= 4 is 52.3 Å². The normalized spacial score (nSPS) is 21.1. The molecule has 0 spiro atoms. The van der Waals surface area contributed by atoms with Crippen LogP contribution in [0.5, 0.6) is 0 Å². The van der Waals surface area contributed by atoms with Crippen LogP contribution in [0.4, 0.5) is 18.9 Å². The van der Waals surface area contributed by atoms with E-state index in [1.54, 1.807) is 14.1 Å². The largest absolute Gasteiger partial charge is 0.418 e. The molecule has 1 aliphatic heterocycles. The van der Waals surface area contributed by atoms with Gasteiger partial charge in [-0.3, -0.25) is 24.1 Å². The first-order chi connectivity index (χ1) is 19.2. The molecule has 10 nitrogen and oxygen atoms in total. The molecule has 0 unspecified atom stereocenters. The smallest absolute Gasteiger partial charge is 0.361 e. The van der Waals surface area contributed by atoms with E-state index in [1.807, 2.05) is 7.05 Å². The Balaban J connectivity index is 1.75. The van der Waals surface area contributed by atoms with Crippen molar-refractivity contribution in [2.75, 3.05) is 32.6 Å². The van der Waals surface area contributed by atoms with Crippen LogP contribution < -0.4 is 16.0 Å². The molecular weight excluding hydrogens is 585 g/mol. The molecule has 4 amide bonds. The summed E-state index contributed by atoms with van der Waals surface area (Å²) in [4.78, 5) is 61.1. The minimum Gasteiger partial charge on any atom is -0.361 e. The number of primary amides is 1. The van der Waals surface area contributed by atoms with Crippen molar-refractivity contribution < 1.29 is 32.3 Å². The van der Waals surface area contributed by atoms with Crippen molar-refractivity contribution in [3.8, 4) is 0 Å². The van der Waals surface area contributed by atoms with Crippen LogP contribution in [-0.4, -0.2) is 78.2 Å². The zero-order chi connectivity index (χ0) is 30.2. The molecule has 1 aromatic heterocycles. The average molecular weight is 615 g/mol. The second-order valence-electron chi connectivity index (χ2n) is 10.5. The molecule has 0 saturated heterocycles. The van der Waals surface area contributed by atoms with E-state index in [2.05, 4.69) is 15.2 Å². The first-order valence-corrected chi connectivity index (χ1v) is 14.1. The number of anilines is 1. The Morgan fingerprint density at radius 3 is 2.54 bits per heavy atom. The standard InChI is InChI=1S/C26H30ClF3N6O4S/c1-34(2)24(39)13-4-6-19(17(10-13)32-22(38)23-33-16-8-9-35(3)12-20(16)41-23)36(25(40)21(31)37)18-7-5-14(27)11-15(18)26(28,29)30/h5,7,11,13,17,19H,4,6,8-10,12H2,1-3H3,(H2,31,37)(H,32,38)/t13-,17+,19-/m0/s1. The number of nitrogens with one attached hydrogen (secondary N) is 1. The number of nitrogens with zero attached hydrogens (tertiary/aromatic N) is 4. The van der Waals surface area contributed by atoms with Crippen LogP contribution in [0.25, 0.3) is 0 Å². The third kappa shape index (κ3) is 6.65. The van der Waals surface area contributed by atoms with E-state index in [1.165, 1.54) is 22.3 Å². The minimum absolute atomic E-state index is 0.00724. The zero-order valence-corrected chi connectivity index (χ0v) is 24.2. The van der Waals surface area contributed by atoms with Gasteiger partial charge in [0, 0.05) is 49.4 Å². The predicted octanol–water partition coefficient (Wildman–Crippen LogP) is 2.68. The number of fused-ring (bicyclic) bond motifs is 1. The van der Waals surface area contributed by atoms with Crippen LogP contribution in [0.3, 0.4) is 0 Å². The van der Waals surface area contributed by atoms with Gasteiger partial charge in [0.2, 0.25) is 5.91 Å². The summed E-state index contributed by atoms with van der Waals surface area (Å²) in [5.41, 5.74) is 4.23. The highest BCUT2D eigenvalue weighted by molar-refractivity contribution is 7.13. The molecule has 222 valence electrons. The number of hydrogen-bond acceptors (Lipinski definition) is 7. The topological polar surface area (TPSA) is 129 Å². The van der Waals surface area contributed by atoms with Gasteiger partial charge in [-0.1, -0.05) is 11.6 Å². The van der Waals surface area contributed by atoms with Crippen LogP contribution in [0.2, 0.25) is 5.02 Å². The number of nitrogens with two attached hydrogens (primary N) is 1. The molecule has 1 saturated carbocycles. The Labute approximate surface area is 243 Å². The van der Waals surface area contributed by atoms with Gasteiger partial charge in [0.1, 0.15) is 0 Å². The van der Waals surface area contributed by atoms with Gasteiger partial charge in [-0.05, 0) is 44.5 Å². The maximum Gasteiger partial charge on any atom is 0.418 e. The van der Waals surface area contributed by atoms with Crippen LogP contribution in [0, 0.1) is 5.92 Å². The molecule has 0 radical (unpaired) electrons. The number of amides is 4. The molecule has 3 atom stereocenters. The van der Waals surface area contributed by atoms with Crippen LogP contribution in [0.1, 0.15) is 45.2 Å². The summed E-state index contributed by atoms with van der Waals surface area (Å²) in [6.45, 7) is 1.41. The highest BCUT2D eigenvalue weighted by Gasteiger charge is 2.45. The summed E-state index contributed by atoms with van der Waals surface area (Å²) in [5, 5.41) is 2.76. The maximum absolute atomic E-state index is 14.1. The second-order valence-corrected chi connectivity index (χ2v) is 12.0. The summed E-state index contributed by atoms with van der Waals surface area (Å²) in [6, 6.07) is 0.679. The van der Waals surface area contributed by atoms with Crippen molar-refractivity contribution in [3.63, 3.8) is 0 Å². The van der Waals surface area contributed by atoms with E-state index in [9.17, 15) is 32.3 Å². The fourth-order valence-electron chi connectivity index (χ4n) is 5.36. The van der Waals surface area contributed by atoms with Gasteiger partial charge in [0.05, 0.1) is 29.0 Å². The number of carbonyl (C=O) groups excluding carboxylic acids is 4. The summed E-state index contributed by atoms with van der Waals surface area (Å²) in [7, 11) is 5.10. The molecule has 1 aromatic carbocycles. The van der Waals surface area contributed by atoms with E-state index in [0.717, 1.165) is 23.2 Å². The lowest BCUT2D eigenvalue weighted by molar-refractivity contribution is -0.138. The first kappa shape index (κ1) is 30.7. The SMILES string of the molecule is CN1CCc2nc(C(=O)N[C@@H]3C[C@@H](C(=O)N(C)C)CC[C@@H]3N(C(=O)C(N)=O)c3ccc(Cl)cc3C(F)(F)F)sc2C1. The number of likely N-dealkylation sites (N-methyl/N-ethyl adjacent to an activating group) is 1. The second kappa shape index (κ2) is 11.9. The van der Waals surface area contributed by atoms with Gasteiger partial charge in [0.15, 0.2) is 5.01 Å². The number of aromatic nitrogens is 1. The Hall–Kier alpha value is -3.23. The third-order valence-corrected chi connectivity index (χ3v) is 8.64. The van der Waals surface area contributed by atoms with Crippen molar-refractivity contribution in [3.05, 3.63) is 44.4 Å². The van der Waals surface area contributed by atoms with Gasteiger partial charge in [-0.2, -0.15) is 13.2 Å². The van der Waals surface area contributed by atoms with E-state index in [0.29, 0.717) is 23.9 Å². The highest BCUT2D eigenvalue weighted by Crippen LogP contribution is 2.41. The Morgan fingerprint density at radius 2 is 1.90 bits per heavy atom. The van der Waals surface area contributed by atoms with E-state index >= 15 is 0 Å². The summed E-state index contributed by atoms with van der Waals surface area (Å²) in [6.07, 6.45) is -4.05. The number of halogens is 4. The zero-order valence-electron chi connectivity index (χ0n) is 22.6. The monoisotopic (exact) mass is 614 g/mol. The molecule has 2 aliphatic rings. The number of thiazole rings is 1. The quantitative estimate of drug-likeness (QED) is 0.499. The van der Waals surface area contributed by atoms with Gasteiger partial charge in [-0.15, -0.1) is 11.3 Å². The number of benzene rings is 1. The van der Waals surface area contributed by atoms with E-state index in [4.69, 9.17) is 17.3 Å². The lowest BCUT2D eigenvalue weighted by Gasteiger charge is -2.42. The molecule has 1 fully saturated rings.